The van der Waals surface area contributed by atoms with E-state index >= 15 is 0 Å². The molecule has 0 radical (unpaired) electrons. The number of fused-ring (bicyclic) bond motifs is 1. The molecule has 0 atom stereocenters. The smallest absolute Gasteiger partial charge is 0.353 e. The van der Waals surface area contributed by atoms with Crippen molar-refractivity contribution in [1.29, 1.82) is 0 Å². The van der Waals surface area contributed by atoms with Gasteiger partial charge in [-0.2, -0.15) is 23.1 Å². The highest BCUT2D eigenvalue weighted by molar-refractivity contribution is 5.72. The molecule has 2 N–H and O–H groups in total. The maximum Gasteiger partial charge on any atom is 0.471 e. The van der Waals surface area contributed by atoms with Crippen LogP contribution in [0.4, 0.5) is 19.1 Å². The van der Waals surface area contributed by atoms with Gasteiger partial charge in [-0.25, -0.2) is 4.98 Å². The Bertz CT molecular complexity index is 1180. The fourth-order valence-corrected chi connectivity index (χ4v) is 3.97. The average Bonchev–Trinajstić information content (AvgIpc) is 3.46. The van der Waals surface area contributed by atoms with Gasteiger partial charge in [-0.05, 0) is 37.0 Å². The van der Waals surface area contributed by atoms with Crippen LogP contribution < -0.4 is 5.32 Å². The Balaban J connectivity index is 1.09. The standard InChI is InChI=1S/C22H22F3N7O/c23-22(24,25)20-29-18(31-33-20)15-5-3-14(4-6-15)7-11-32-12-8-16(9-13-32)27-21-28-17-2-1-10-26-19(17)30-21/h1-6,10,16H,7-9,11-13H2,(H2,26,27,28,30). The fourth-order valence-electron chi connectivity index (χ4n) is 3.97. The summed E-state index contributed by atoms with van der Waals surface area (Å²) in [6.45, 7) is 2.88. The summed E-state index contributed by atoms with van der Waals surface area (Å²) in [5, 5.41) is 6.90. The van der Waals surface area contributed by atoms with Crippen molar-refractivity contribution >= 4 is 17.1 Å². The van der Waals surface area contributed by atoms with Crippen LogP contribution in [0.5, 0.6) is 0 Å². The summed E-state index contributed by atoms with van der Waals surface area (Å²) in [6.07, 6.45) is -0.0232. The molecule has 0 amide bonds. The van der Waals surface area contributed by atoms with E-state index < -0.39 is 12.1 Å². The summed E-state index contributed by atoms with van der Waals surface area (Å²) >= 11 is 0. The number of halogens is 3. The third-order valence-electron chi connectivity index (χ3n) is 5.78. The molecule has 1 saturated heterocycles. The molecule has 172 valence electrons. The lowest BCUT2D eigenvalue weighted by Crippen LogP contribution is -2.40. The normalized spacial score (nSPS) is 15.8. The van der Waals surface area contributed by atoms with E-state index in [1.165, 1.54) is 0 Å². The minimum absolute atomic E-state index is 0.0660. The van der Waals surface area contributed by atoms with Gasteiger partial charge in [-0.15, -0.1) is 0 Å². The predicted molar refractivity (Wildman–Crippen MR) is 115 cm³/mol. The van der Waals surface area contributed by atoms with Gasteiger partial charge in [0.15, 0.2) is 5.65 Å². The highest BCUT2D eigenvalue weighted by Gasteiger charge is 2.38. The van der Waals surface area contributed by atoms with E-state index in [4.69, 9.17) is 0 Å². The monoisotopic (exact) mass is 457 g/mol. The number of aromatic amines is 1. The van der Waals surface area contributed by atoms with Gasteiger partial charge >= 0.3 is 12.1 Å². The molecule has 5 rings (SSSR count). The number of anilines is 1. The maximum atomic E-state index is 12.6. The molecular weight excluding hydrogens is 435 g/mol. The minimum Gasteiger partial charge on any atom is -0.353 e. The molecule has 33 heavy (non-hydrogen) atoms. The molecule has 0 unspecified atom stereocenters. The molecule has 0 bridgehead atoms. The number of nitrogens with zero attached hydrogens (tertiary/aromatic N) is 5. The van der Waals surface area contributed by atoms with Gasteiger partial charge in [0.25, 0.3) is 0 Å². The van der Waals surface area contributed by atoms with E-state index in [1.807, 2.05) is 24.3 Å². The molecule has 8 nitrogen and oxygen atoms in total. The number of hydrogen-bond donors (Lipinski definition) is 2. The molecule has 0 aliphatic carbocycles. The number of H-pyrrole nitrogens is 1. The van der Waals surface area contributed by atoms with Crippen LogP contribution in [-0.4, -0.2) is 55.7 Å². The second kappa shape index (κ2) is 8.81. The van der Waals surface area contributed by atoms with E-state index in [-0.39, 0.29) is 5.82 Å². The first kappa shape index (κ1) is 21.4. The van der Waals surface area contributed by atoms with Gasteiger partial charge in [-0.1, -0.05) is 29.4 Å². The number of hydrogen-bond acceptors (Lipinski definition) is 7. The number of pyridine rings is 1. The topological polar surface area (TPSA) is 95.8 Å². The van der Waals surface area contributed by atoms with Crippen LogP contribution in [0.2, 0.25) is 0 Å². The average molecular weight is 457 g/mol. The van der Waals surface area contributed by atoms with Crippen molar-refractivity contribution in [1.82, 2.24) is 30.0 Å². The summed E-state index contributed by atoms with van der Waals surface area (Å²) in [5.74, 6) is -0.647. The van der Waals surface area contributed by atoms with Crippen molar-refractivity contribution in [3.8, 4) is 11.4 Å². The minimum atomic E-state index is -4.64. The van der Waals surface area contributed by atoms with Gasteiger partial charge in [0.1, 0.15) is 0 Å². The molecule has 4 heterocycles. The summed E-state index contributed by atoms with van der Waals surface area (Å²) < 4.78 is 42.2. The highest BCUT2D eigenvalue weighted by Crippen LogP contribution is 2.29. The molecule has 11 heteroatoms. The molecule has 1 aliphatic heterocycles. The Kier molecular flexibility index (Phi) is 5.71. The molecule has 0 spiro atoms. The molecule has 3 aromatic heterocycles. The lowest BCUT2D eigenvalue weighted by Gasteiger charge is -2.32. The van der Waals surface area contributed by atoms with Gasteiger partial charge in [-0.3, -0.25) is 0 Å². The van der Waals surface area contributed by atoms with Crippen LogP contribution in [0.15, 0.2) is 47.1 Å². The van der Waals surface area contributed by atoms with Crippen molar-refractivity contribution in [2.75, 3.05) is 25.0 Å². The Morgan fingerprint density at radius 2 is 1.88 bits per heavy atom. The molecule has 1 aliphatic rings. The van der Waals surface area contributed by atoms with E-state index in [0.29, 0.717) is 17.3 Å². The third kappa shape index (κ3) is 4.98. The zero-order valence-electron chi connectivity index (χ0n) is 17.6. The van der Waals surface area contributed by atoms with Gasteiger partial charge in [0, 0.05) is 37.4 Å². The number of aromatic nitrogens is 5. The van der Waals surface area contributed by atoms with Crippen molar-refractivity contribution in [2.45, 2.75) is 31.5 Å². The van der Waals surface area contributed by atoms with Gasteiger partial charge in [0.2, 0.25) is 11.8 Å². The Hall–Kier alpha value is -3.47. The van der Waals surface area contributed by atoms with E-state index in [1.54, 1.807) is 18.3 Å². The van der Waals surface area contributed by atoms with E-state index in [9.17, 15) is 13.2 Å². The summed E-state index contributed by atoms with van der Waals surface area (Å²) in [7, 11) is 0. The number of imidazole rings is 1. The molecule has 0 saturated carbocycles. The van der Waals surface area contributed by atoms with Crippen LogP contribution in [-0.2, 0) is 12.6 Å². The SMILES string of the molecule is FC(F)(F)c1nc(-c2ccc(CCN3CCC(Nc4nc5ncccc5[nH]4)CC3)cc2)no1. The zero-order chi connectivity index (χ0) is 22.8. The van der Waals surface area contributed by atoms with E-state index in [0.717, 1.165) is 55.9 Å². The number of benzene rings is 1. The first-order valence-electron chi connectivity index (χ1n) is 10.7. The summed E-state index contributed by atoms with van der Waals surface area (Å²) in [4.78, 5) is 17.8. The predicted octanol–water partition coefficient (Wildman–Crippen LogP) is 4.15. The molecular formula is C22H22F3N7O. The van der Waals surface area contributed by atoms with Gasteiger partial charge in [0.05, 0.1) is 5.52 Å². The van der Waals surface area contributed by atoms with Crippen LogP contribution in [0.3, 0.4) is 0 Å². The van der Waals surface area contributed by atoms with E-state index in [2.05, 4.69) is 39.8 Å². The first-order valence-corrected chi connectivity index (χ1v) is 10.7. The third-order valence-corrected chi connectivity index (χ3v) is 5.78. The number of piperidine rings is 1. The second-order valence-electron chi connectivity index (χ2n) is 8.09. The number of likely N-dealkylation sites (tertiary alicyclic amines) is 1. The fraction of sp³-hybridized carbons (Fsp3) is 0.364. The quantitative estimate of drug-likeness (QED) is 0.449. The van der Waals surface area contributed by atoms with Crippen LogP contribution in [0, 0.1) is 0 Å². The zero-order valence-corrected chi connectivity index (χ0v) is 17.6. The maximum absolute atomic E-state index is 12.6. The molecule has 4 aromatic rings. The van der Waals surface area contributed by atoms with Crippen molar-refractivity contribution < 1.29 is 17.7 Å². The first-order chi connectivity index (χ1) is 15.9. The van der Waals surface area contributed by atoms with Crippen molar-refractivity contribution in [3.63, 3.8) is 0 Å². The lowest BCUT2D eigenvalue weighted by molar-refractivity contribution is -0.159. The largest absolute Gasteiger partial charge is 0.471 e. The molecule has 1 aromatic carbocycles. The number of nitrogens with one attached hydrogen (secondary N) is 2. The Labute approximate surface area is 187 Å². The lowest BCUT2D eigenvalue weighted by atomic mass is 10.0. The summed E-state index contributed by atoms with van der Waals surface area (Å²) in [5.41, 5.74) is 3.23. The van der Waals surface area contributed by atoms with Crippen molar-refractivity contribution in [2.24, 2.45) is 0 Å². The van der Waals surface area contributed by atoms with Crippen LogP contribution in [0.1, 0.15) is 24.3 Å². The van der Waals surface area contributed by atoms with Gasteiger partial charge < -0.3 is 19.7 Å². The second-order valence-corrected chi connectivity index (χ2v) is 8.09. The summed E-state index contributed by atoms with van der Waals surface area (Å²) in [6, 6.07) is 11.4. The highest BCUT2D eigenvalue weighted by atomic mass is 19.4. The Morgan fingerprint density at radius 3 is 2.58 bits per heavy atom. The Morgan fingerprint density at radius 1 is 1.09 bits per heavy atom. The van der Waals surface area contributed by atoms with Crippen LogP contribution >= 0.6 is 0 Å². The number of alkyl halides is 3. The van der Waals surface area contributed by atoms with Crippen LogP contribution in [0.25, 0.3) is 22.6 Å². The number of rotatable bonds is 6. The van der Waals surface area contributed by atoms with Crippen molar-refractivity contribution in [3.05, 3.63) is 54.0 Å². The molecule has 1 fully saturated rings.